The first kappa shape index (κ1) is 37.1. The van der Waals surface area contributed by atoms with Gasteiger partial charge < -0.3 is 25.0 Å². The number of alkyl halides is 2. The molecule has 0 amide bonds. The maximum atomic E-state index is 15.5. The van der Waals surface area contributed by atoms with Gasteiger partial charge in [-0.3, -0.25) is 4.18 Å². The average Bonchev–Trinajstić information content (AvgIpc) is 3.12. The van der Waals surface area contributed by atoms with Crippen LogP contribution >= 0.6 is 0 Å². The molecule has 2 aliphatic rings. The van der Waals surface area contributed by atoms with Crippen molar-refractivity contribution < 1.29 is 30.9 Å². The van der Waals surface area contributed by atoms with Crippen LogP contribution in [0.1, 0.15) is 81.7 Å². The van der Waals surface area contributed by atoms with Gasteiger partial charge in [0.25, 0.3) is 16.0 Å². The van der Waals surface area contributed by atoms with Crippen LogP contribution in [0.2, 0.25) is 0 Å². The van der Waals surface area contributed by atoms with Crippen molar-refractivity contribution in [2.24, 2.45) is 5.92 Å². The highest BCUT2D eigenvalue weighted by molar-refractivity contribution is 7.86. The Labute approximate surface area is 289 Å². The quantitative estimate of drug-likeness (QED) is 0.116. The number of aromatic nitrogens is 2. The molecule has 2 saturated heterocycles. The van der Waals surface area contributed by atoms with Crippen LogP contribution < -0.4 is 20.3 Å². The molecule has 1 aromatic heterocycles. The number of hydrogen-bond donors (Lipinski definition) is 2. The molecule has 13 heteroatoms. The first-order valence-electron chi connectivity index (χ1n) is 17.7. The van der Waals surface area contributed by atoms with Crippen molar-refractivity contribution in [2.75, 3.05) is 68.6 Å². The third kappa shape index (κ3) is 9.77. The van der Waals surface area contributed by atoms with Crippen LogP contribution in [-0.2, 0) is 25.0 Å². The molecule has 2 aliphatic heterocycles. The second-order valence-electron chi connectivity index (χ2n) is 13.0. The largest absolute Gasteiger partial charge is 0.491 e. The van der Waals surface area contributed by atoms with Gasteiger partial charge in [0, 0.05) is 35.3 Å². The van der Waals surface area contributed by atoms with Crippen molar-refractivity contribution in [3.8, 4) is 5.75 Å². The number of fused-ring (bicyclic) bond motifs is 1. The highest BCUT2D eigenvalue weighted by Crippen LogP contribution is 2.42. The van der Waals surface area contributed by atoms with E-state index in [0.717, 1.165) is 72.2 Å². The zero-order chi connectivity index (χ0) is 34.9. The lowest BCUT2D eigenvalue weighted by atomic mass is 9.86. The number of morpholine rings is 1. The molecule has 2 fully saturated rings. The molecule has 2 aromatic carbocycles. The van der Waals surface area contributed by atoms with Crippen molar-refractivity contribution in [1.82, 2.24) is 15.5 Å². The van der Waals surface area contributed by atoms with Gasteiger partial charge >= 0.3 is 0 Å². The van der Waals surface area contributed by atoms with E-state index in [1.807, 2.05) is 26.0 Å². The van der Waals surface area contributed by atoms with Crippen LogP contribution in [0, 0.1) is 12.8 Å². The lowest BCUT2D eigenvalue weighted by Gasteiger charge is -2.31. The number of halogens is 2. The fourth-order valence-corrected chi connectivity index (χ4v) is 7.02. The van der Waals surface area contributed by atoms with E-state index < -0.39 is 22.0 Å². The lowest BCUT2D eigenvalue weighted by molar-refractivity contribution is -0.0754. The minimum Gasteiger partial charge on any atom is -0.491 e. The van der Waals surface area contributed by atoms with E-state index in [2.05, 4.69) is 31.8 Å². The summed E-state index contributed by atoms with van der Waals surface area (Å²) in [7, 11) is -3.39. The van der Waals surface area contributed by atoms with Crippen LogP contribution in [0.3, 0.4) is 0 Å². The highest BCUT2D eigenvalue weighted by Gasteiger charge is 2.41. The van der Waals surface area contributed by atoms with E-state index in [4.69, 9.17) is 13.7 Å². The zero-order valence-corrected chi connectivity index (χ0v) is 29.8. The SMILES string of the molecule is CCS(=O)(=O)OCCCCCCCOc1cc2c(C)nnc(NC(C)c3cccc(C(F)(F)C4CCNCC4)c3)c2cc1N1CCOCC1. The van der Waals surface area contributed by atoms with Crippen LogP contribution in [0.4, 0.5) is 20.3 Å². The Balaban J connectivity index is 1.29. The Bertz CT molecular complexity index is 1630. The minimum atomic E-state index is -3.39. The number of aryl methyl sites for hydroxylation is 1. The van der Waals surface area contributed by atoms with Gasteiger partial charge in [-0.25, -0.2) is 8.78 Å². The van der Waals surface area contributed by atoms with E-state index in [0.29, 0.717) is 58.0 Å². The Morgan fingerprint density at radius 1 is 1.02 bits per heavy atom. The van der Waals surface area contributed by atoms with E-state index in [9.17, 15) is 8.42 Å². The molecule has 0 saturated carbocycles. The second kappa shape index (κ2) is 17.2. The maximum Gasteiger partial charge on any atom is 0.276 e. The molecule has 49 heavy (non-hydrogen) atoms. The van der Waals surface area contributed by atoms with E-state index in [1.165, 1.54) is 6.07 Å². The smallest absolute Gasteiger partial charge is 0.276 e. The van der Waals surface area contributed by atoms with Crippen LogP contribution in [0.15, 0.2) is 36.4 Å². The van der Waals surface area contributed by atoms with E-state index in [-0.39, 0.29) is 24.0 Å². The molecular weight excluding hydrogens is 652 g/mol. The second-order valence-corrected chi connectivity index (χ2v) is 15.0. The number of benzene rings is 2. The Kier molecular flexibility index (Phi) is 13.0. The third-order valence-corrected chi connectivity index (χ3v) is 10.8. The summed E-state index contributed by atoms with van der Waals surface area (Å²) in [5.41, 5.74) is 2.53. The number of ether oxygens (including phenoxy) is 2. The van der Waals surface area contributed by atoms with E-state index in [1.54, 1.807) is 19.1 Å². The Morgan fingerprint density at radius 2 is 1.73 bits per heavy atom. The first-order valence-corrected chi connectivity index (χ1v) is 19.3. The summed E-state index contributed by atoms with van der Waals surface area (Å²) in [6.07, 6.45) is 5.30. The summed E-state index contributed by atoms with van der Waals surface area (Å²) in [5, 5.41) is 17.4. The van der Waals surface area contributed by atoms with Crippen molar-refractivity contribution in [2.45, 2.75) is 77.7 Å². The van der Waals surface area contributed by atoms with Crippen molar-refractivity contribution >= 4 is 32.4 Å². The summed E-state index contributed by atoms with van der Waals surface area (Å²) >= 11 is 0. The topological polar surface area (TPSA) is 115 Å². The number of nitrogens with zero attached hydrogens (tertiary/aromatic N) is 3. The summed E-state index contributed by atoms with van der Waals surface area (Å²) in [5.74, 6) is -2.22. The predicted octanol–water partition coefficient (Wildman–Crippen LogP) is 6.73. The van der Waals surface area contributed by atoms with Crippen LogP contribution in [0.25, 0.3) is 10.8 Å². The van der Waals surface area contributed by atoms with Gasteiger partial charge in [-0.2, -0.15) is 13.5 Å². The fourth-order valence-electron chi connectivity index (χ4n) is 6.48. The zero-order valence-electron chi connectivity index (χ0n) is 29.0. The lowest BCUT2D eigenvalue weighted by Crippen LogP contribution is -2.36. The molecule has 2 N–H and O–H groups in total. The summed E-state index contributed by atoms with van der Waals surface area (Å²) in [6, 6.07) is 10.6. The van der Waals surface area contributed by atoms with Gasteiger partial charge in [0.2, 0.25) is 0 Å². The summed E-state index contributed by atoms with van der Waals surface area (Å²) in [6.45, 7) is 10.1. The molecule has 3 heterocycles. The maximum absolute atomic E-state index is 15.5. The number of unbranched alkanes of at least 4 members (excludes halogenated alkanes) is 4. The van der Waals surface area contributed by atoms with Gasteiger partial charge in [-0.15, -0.1) is 5.10 Å². The molecule has 270 valence electrons. The molecule has 0 radical (unpaired) electrons. The normalized spacial score (nSPS) is 17.0. The molecule has 10 nitrogen and oxygen atoms in total. The molecular formula is C36H51F2N5O5S. The minimum absolute atomic E-state index is 0.00831. The fraction of sp³-hybridized carbons (Fsp3) is 0.611. The standard InChI is InChI=1S/C36H51F2N5O5S/c1-4-49(44,45)48-20-9-7-5-6-8-19-47-34-25-31-27(3)41-42-35(32(31)24-33(34)43-17-21-46-22-18-43)40-26(2)28-11-10-12-30(23-28)36(37,38)29-13-15-39-16-14-29/h10-12,23-26,29,39H,4-9,13-22H2,1-3H3,(H,40,42). The highest BCUT2D eigenvalue weighted by atomic mass is 32.2. The van der Waals surface area contributed by atoms with Crippen LogP contribution in [0.5, 0.6) is 5.75 Å². The molecule has 3 aromatic rings. The number of piperidine rings is 1. The van der Waals surface area contributed by atoms with Gasteiger partial charge in [0.1, 0.15) is 5.75 Å². The number of anilines is 2. The molecule has 5 rings (SSSR count). The third-order valence-electron chi connectivity index (χ3n) is 9.54. The van der Waals surface area contributed by atoms with Crippen molar-refractivity contribution in [3.05, 3.63) is 53.2 Å². The summed E-state index contributed by atoms with van der Waals surface area (Å²) < 4.78 is 71.0. The molecule has 0 aliphatic carbocycles. The van der Waals surface area contributed by atoms with Gasteiger partial charge in [-0.05, 0) is 83.3 Å². The predicted molar refractivity (Wildman–Crippen MR) is 189 cm³/mol. The Hall–Kier alpha value is -3.13. The molecule has 1 unspecified atom stereocenters. The van der Waals surface area contributed by atoms with Gasteiger partial charge in [0.15, 0.2) is 5.82 Å². The summed E-state index contributed by atoms with van der Waals surface area (Å²) in [4.78, 5) is 2.26. The number of nitrogens with one attached hydrogen (secondary N) is 2. The van der Waals surface area contributed by atoms with Gasteiger partial charge in [-0.1, -0.05) is 37.5 Å². The average molecular weight is 704 g/mol. The number of rotatable bonds is 17. The Morgan fingerprint density at radius 3 is 2.47 bits per heavy atom. The molecule has 0 spiro atoms. The van der Waals surface area contributed by atoms with Crippen LogP contribution in [-0.4, -0.2) is 77.0 Å². The van der Waals surface area contributed by atoms with Crippen molar-refractivity contribution in [1.29, 1.82) is 0 Å². The molecule has 0 bridgehead atoms. The van der Waals surface area contributed by atoms with E-state index >= 15 is 8.78 Å². The first-order chi connectivity index (χ1) is 23.6. The van der Waals surface area contributed by atoms with Crippen molar-refractivity contribution in [3.63, 3.8) is 0 Å². The number of hydrogen-bond acceptors (Lipinski definition) is 10. The van der Waals surface area contributed by atoms with Gasteiger partial charge in [0.05, 0.1) is 49.6 Å². The monoisotopic (exact) mass is 703 g/mol. The molecule has 1 atom stereocenters.